The van der Waals surface area contributed by atoms with Gasteiger partial charge < -0.3 is 19.3 Å². The van der Waals surface area contributed by atoms with Gasteiger partial charge in [-0.2, -0.15) is 0 Å². The van der Waals surface area contributed by atoms with Crippen molar-refractivity contribution < 1.29 is 23.9 Å². The first-order valence-corrected chi connectivity index (χ1v) is 10.6. The molecular weight excluding hydrogens is 396 g/mol. The average Bonchev–Trinajstić information content (AvgIpc) is 3.24. The molecule has 0 aromatic heterocycles. The molecule has 0 spiro atoms. The van der Waals surface area contributed by atoms with Crippen molar-refractivity contribution in [2.45, 2.75) is 25.4 Å². The minimum atomic E-state index is -0.978. The lowest BCUT2D eigenvalue weighted by Crippen LogP contribution is -2.44. The molecule has 0 radical (unpaired) electrons. The lowest BCUT2D eigenvalue weighted by atomic mass is 10.1. The number of hydrogen-bond acceptors (Lipinski definition) is 5. The Morgan fingerprint density at radius 3 is 2.32 bits per heavy atom. The fourth-order valence-electron chi connectivity index (χ4n) is 3.89. The number of ether oxygens (including phenoxy) is 2. The minimum Gasteiger partial charge on any atom is -0.447 e. The summed E-state index contributed by atoms with van der Waals surface area (Å²) in [5.74, 6) is -0.578. The SMILES string of the molecule is O=C(Cc1ccc(N2CCCC2=O)cc1)OC(C(=O)N1CCOCC1)c1ccccc1. The molecule has 2 aromatic carbocycles. The van der Waals surface area contributed by atoms with Gasteiger partial charge >= 0.3 is 5.97 Å². The topological polar surface area (TPSA) is 76.2 Å². The van der Waals surface area contributed by atoms with Gasteiger partial charge in [0.15, 0.2) is 0 Å². The molecule has 2 heterocycles. The second-order valence-corrected chi connectivity index (χ2v) is 7.71. The molecule has 0 saturated carbocycles. The van der Waals surface area contributed by atoms with Crippen molar-refractivity contribution in [3.05, 3.63) is 65.7 Å². The Balaban J connectivity index is 1.43. The Morgan fingerprint density at radius 2 is 1.68 bits per heavy atom. The predicted molar refractivity (Wildman–Crippen MR) is 114 cm³/mol. The molecule has 1 atom stereocenters. The number of carbonyl (C=O) groups excluding carboxylic acids is 3. The van der Waals surface area contributed by atoms with Gasteiger partial charge in [0.2, 0.25) is 12.0 Å². The van der Waals surface area contributed by atoms with Crippen LogP contribution < -0.4 is 4.90 Å². The summed E-state index contributed by atoms with van der Waals surface area (Å²) < 4.78 is 11.0. The van der Waals surface area contributed by atoms with E-state index >= 15 is 0 Å². The Kier molecular flexibility index (Phi) is 6.62. The minimum absolute atomic E-state index is 0.0496. The highest BCUT2D eigenvalue weighted by Gasteiger charge is 2.30. The highest BCUT2D eigenvalue weighted by molar-refractivity contribution is 5.95. The highest BCUT2D eigenvalue weighted by Crippen LogP contribution is 2.24. The number of benzene rings is 2. The summed E-state index contributed by atoms with van der Waals surface area (Å²) in [4.78, 5) is 41.1. The van der Waals surface area contributed by atoms with Crippen molar-refractivity contribution in [1.82, 2.24) is 4.90 Å². The molecule has 2 aliphatic rings. The van der Waals surface area contributed by atoms with Gasteiger partial charge in [-0.25, -0.2) is 0 Å². The maximum Gasteiger partial charge on any atom is 0.311 e. The zero-order chi connectivity index (χ0) is 21.6. The number of nitrogens with zero attached hydrogens (tertiary/aromatic N) is 2. The second-order valence-electron chi connectivity index (χ2n) is 7.71. The molecule has 2 amide bonds. The molecule has 2 saturated heterocycles. The van der Waals surface area contributed by atoms with Crippen LogP contribution in [0.15, 0.2) is 54.6 Å². The zero-order valence-corrected chi connectivity index (χ0v) is 17.4. The van der Waals surface area contributed by atoms with E-state index in [0.29, 0.717) is 38.3 Å². The third-order valence-electron chi connectivity index (χ3n) is 5.57. The lowest BCUT2D eigenvalue weighted by Gasteiger charge is -2.30. The van der Waals surface area contributed by atoms with E-state index in [0.717, 1.165) is 24.2 Å². The monoisotopic (exact) mass is 422 g/mol. The number of rotatable bonds is 6. The lowest BCUT2D eigenvalue weighted by molar-refractivity contribution is -0.162. The number of morpholine rings is 1. The number of anilines is 1. The molecular formula is C24H26N2O5. The van der Waals surface area contributed by atoms with Gasteiger partial charge in [-0.3, -0.25) is 14.4 Å². The molecule has 7 nitrogen and oxygen atoms in total. The van der Waals surface area contributed by atoms with Crippen LogP contribution in [0.5, 0.6) is 0 Å². The van der Waals surface area contributed by atoms with Crippen molar-refractivity contribution >= 4 is 23.5 Å². The Hall–Kier alpha value is -3.19. The van der Waals surface area contributed by atoms with Crippen LogP contribution >= 0.6 is 0 Å². The summed E-state index contributed by atoms with van der Waals surface area (Å²) in [6.07, 6.45) is 0.513. The highest BCUT2D eigenvalue weighted by atomic mass is 16.5. The summed E-state index contributed by atoms with van der Waals surface area (Å²) >= 11 is 0. The van der Waals surface area contributed by atoms with Gasteiger partial charge in [0.05, 0.1) is 19.6 Å². The largest absolute Gasteiger partial charge is 0.447 e. The molecule has 0 bridgehead atoms. The Bertz CT molecular complexity index is 923. The van der Waals surface area contributed by atoms with E-state index in [4.69, 9.17) is 9.47 Å². The van der Waals surface area contributed by atoms with Crippen LogP contribution in [0.4, 0.5) is 5.69 Å². The van der Waals surface area contributed by atoms with Gasteiger partial charge in [0.1, 0.15) is 0 Å². The fraction of sp³-hybridized carbons (Fsp3) is 0.375. The van der Waals surface area contributed by atoms with Crippen LogP contribution in [0.2, 0.25) is 0 Å². The van der Waals surface area contributed by atoms with Crippen molar-refractivity contribution in [2.24, 2.45) is 0 Å². The summed E-state index contributed by atoms with van der Waals surface area (Å²) in [6.45, 7) is 2.65. The molecule has 1 unspecified atom stereocenters. The van der Waals surface area contributed by atoms with Crippen molar-refractivity contribution in [3.63, 3.8) is 0 Å². The summed E-state index contributed by atoms with van der Waals surface area (Å²) in [7, 11) is 0. The summed E-state index contributed by atoms with van der Waals surface area (Å²) in [6, 6.07) is 16.4. The third-order valence-corrected chi connectivity index (χ3v) is 5.57. The van der Waals surface area contributed by atoms with Gasteiger partial charge in [-0.1, -0.05) is 42.5 Å². The number of hydrogen-bond donors (Lipinski definition) is 0. The van der Waals surface area contributed by atoms with Crippen molar-refractivity contribution in [2.75, 3.05) is 37.7 Å². The van der Waals surface area contributed by atoms with E-state index in [-0.39, 0.29) is 18.2 Å². The molecule has 0 aliphatic carbocycles. The summed E-state index contributed by atoms with van der Waals surface area (Å²) in [5, 5.41) is 0. The van der Waals surface area contributed by atoms with Crippen LogP contribution in [0, 0.1) is 0 Å². The Labute approximate surface area is 181 Å². The van der Waals surface area contributed by atoms with Crippen LogP contribution in [0.3, 0.4) is 0 Å². The van der Waals surface area contributed by atoms with E-state index < -0.39 is 12.1 Å². The van der Waals surface area contributed by atoms with Crippen LogP contribution in [0.1, 0.15) is 30.1 Å². The Morgan fingerprint density at radius 1 is 0.968 bits per heavy atom. The predicted octanol–water partition coefficient (Wildman–Crippen LogP) is 2.50. The van der Waals surface area contributed by atoms with Gasteiger partial charge in [0.25, 0.3) is 5.91 Å². The van der Waals surface area contributed by atoms with E-state index in [1.165, 1.54) is 0 Å². The van der Waals surface area contributed by atoms with E-state index in [1.54, 1.807) is 21.9 Å². The van der Waals surface area contributed by atoms with Gasteiger partial charge in [0, 0.05) is 37.3 Å². The van der Waals surface area contributed by atoms with Gasteiger partial charge in [-0.15, -0.1) is 0 Å². The molecule has 2 aromatic rings. The smallest absolute Gasteiger partial charge is 0.311 e. The fourth-order valence-corrected chi connectivity index (χ4v) is 3.89. The van der Waals surface area contributed by atoms with Crippen molar-refractivity contribution in [1.29, 1.82) is 0 Å². The summed E-state index contributed by atoms with van der Waals surface area (Å²) in [5.41, 5.74) is 2.26. The molecule has 7 heteroatoms. The molecule has 162 valence electrons. The first-order valence-electron chi connectivity index (χ1n) is 10.6. The van der Waals surface area contributed by atoms with E-state index in [1.807, 2.05) is 42.5 Å². The number of esters is 1. The zero-order valence-electron chi connectivity index (χ0n) is 17.4. The van der Waals surface area contributed by atoms with E-state index in [2.05, 4.69) is 0 Å². The molecule has 2 aliphatic heterocycles. The second kappa shape index (κ2) is 9.75. The number of carbonyl (C=O) groups is 3. The molecule has 0 N–H and O–H groups in total. The quantitative estimate of drug-likeness (QED) is 0.669. The van der Waals surface area contributed by atoms with Crippen molar-refractivity contribution in [3.8, 4) is 0 Å². The average molecular weight is 422 g/mol. The van der Waals surface area contributed by atoms with Gasteiger partial charge in [-0.05, 0) is 24.1 Å². The van der Waals surface area contributed by atoms with E-state index in [9.17, 15) is 14.4 Å². The maximum atomic E-state index is 13.1. The first kappa shape index (κ1) is 21.1. The van der Waals surface area contributed by atoms with Crippen LogP contribution in [0.25, 0.3) is 0 Å². The normalized spacial score (nSPS) is 17.5. The molecule has 31 heavy (non-hydrogen) atoms. The molecule has 4 rings (SSSR count). The van der Waals surface area contributed by atoms with Crippen LogP contribution in [-0.2, 0) is 30.3 Å². The van der Waals surface area contributed by atoms with Crippen LogP contribution in [-0.4, -0.2) is 55.5 Å². The third kappa shape index (κ3) is 5.11. The first-order chi connectivity index (χ1) is 15.1. The molecule has 2 fully saturated rings. The number of amides is 2. The maximum absolute atomic E-state index is 13.1. The standard InChI is InChI=1S/C24H26N2O5/c27-21-7-4-12-26(21)20-10-8-18(9-11-20)17-22(28)31-23(19-5-2-1-3-6-19)24(29)25-13-15-30-16-14-25/h1-3,5-6,8-11,23H,4,7,12-17H2.